The molecule has 0 aliphatic heterocycles. The van der Waals surface area contributed by atoms with Crippen LogP contribution >= 0.6 is 11.6 Å². The van der Waals surface area contributed by atoms with E-state index in [1.54, 1.807) is 24.5 Å². The van der Waals surface area contributed by atoms with Crippen molar-refractivity contribution in [1.82, 2.24) is 20.5 Å². The second kappa shape index (κ2) is 7.07. The number of pyridine rings is 1. The van der Waals surface area contributed by atoms with Crippen LogP contribution in [0.2, 0.25) is 5.02 Å². The first kappa shape index (κ1) is 15.2. The molecule has 0 radical (unpaired) electrons. The Morgan fingerprint density at radius 2 is 1.87 bits per heavy atom. The van der Waals surface area contributed by atoms with Gasteiger partial charge in [-0.2, -0.15) is 5.10 Å². The van der Waals surface area contributed by atoms with Crippen LogP contribution in [0.5, 0.6) is 0 Å². The van der Waals surface area contributed by atoms with E-state index in [1.165, 1.54) is 6.20 Å². The van der Waals surface area contributed by atoms with Crippen LogP contribution in [0.15, 0.2) is 55.0 Å². The van der Waals surface area contributed by atoms with Gasteiger partial charge in [0.05, 0.1) is 17.5 Å². The van der Waals surface area contributed by atoms with Gasteiger partial charge in [0, 0.05) is 29.5 Å². The number of nitrogens with one attached hydrogen (secondary N) is 2. The van der Waals surface area contributed by atoms with E-state index in [4.69, 9.17) is 11.6 Å². The van der Waals surface area contributed by atoms with E-state index < -0.39 is 0 Å². The van der Waals surface area contributed by atoms with Gasteiger partial charge in [-0.3, -0.25) is 14.9 Å². The number of H-pyrrole nitrogens is 1. The third-order valence-electron chi connectivity index (χ3n) is 3.47. The van der Waals surface area contributed by atoms with Gasteiger partial charge in [0.2, 0.25) is 0 Å². The summed E-state index contributed by atoms with van der Waals surface area (Å²) in [5.41, 5.74) is 3.20. The van der Waals surface area contributed by atoms with Crippen molar-refractivity contribution in [2.75, 3.05) is 6.54 Å². The highest BCUT2D eigenvalue weighted by Gasteiger charge is 2.14. The Hall–Kier alpha value is -2.66. The lowest BCUT2D eigenvalue weighted by atomic mass is 10.1. The number of nitrogens with zero attached hydrogens (tertiary/aromatic N) is 2. The number of carbonyl (C=O) groups is 1. The summed E-state index contributed by atoms with van der Waals surface area (Å²) in [4.78, 5) is 16.3. The van der Waals surface area contributed by atoms with E-state index in [9.17, 15) is 4.79 Å². The Morgan fingerprint density at radius 3 is 2.61 bits per heavy atom. The fourth-order valence-corrected chi connectivity index (χ4v) is 2.39. The van der Waals surface area contributed by atoms with E-state index in [-0.39, 0.29) is 5.91 Å². The van der Waals surface area contributed by atoms with E-state index >= 15 is 0 Å². The first-order chi connectivity index (χ1) is 11.2. The molecule has 23 heavy (non-hydrogen) atoms. The number of rotatable bonds is 5. The van der Waals surface area contributed by atoms with Crippen LogP contribution in [0.4, 0.5) is 0 Å². The molecule has 1 aromatic carbocycles. The molecular weight excluding hydrogens is 312 g/mol. The third-order valence-corrected chi connectivity index (χ3v) is 3.72. The molecule has 0 aliphatic rings. The Kier molecular flexibility index (Phi) is 4.68. The fraction of sp³-hybridized carbons (Fsp3) is 0.118. The molecule has 6 heteroatoms. The molecule has 3 rings (SSSR count). The molecule has 2 heterocycles. The number of halogens is 1. The molecule has 0 unspecified atom stereocenters. The number of aromatic nitrogens is 3. The van der Waals surface area contributed by atoms with Gasteiger partial charge in [-0.15, -0.1) is 0 Å². The molecule has 116 valence electrons. The average Bonchev–Trinajstić information content (AvgIpc) is 3.06. The van der Waals surface area contributed by atoms with Gasteiger partial charge in [0.15, 0.2) is 0 Å². The van der Waals surface area contributed by atoms with Gasteiger partial charge in [-0.25, -0.2) is 0 Å². The number of hydrogen-bond acceptors (Lipinski definition) is 3. The molecular formula is C17H15ClN4O. The SMILES string of the molecule is O=C(NCCc1ccncc1)c1cn[nH]c1-c1ccc(Cl)cc1. The van der Waals surface area contributed by atoms with Gasteiger partial charge in [-0.05, 0) is 36.2 Å². The van der Waals surface area contributed by atoms with Crippen molar-refractivity contribution in [2.24, 2.45) is 0 Å². The summed E-state index contributed by atoms with van der Waals surface area (Å²) in [6.45, 7) is 0.550. The van der Waals surface area contributed by atoms with Crippen molar-refractivity contribution in [3.05, 3.63) is 71.1 Å². The molecule has 2 N–H and O–H groups in total. The predicted molar refractivity (Wildman–Crippen MR) is 89.3 cm³/mol. The highest BCUT2D eigenvalue weighted by atomic mass is 35.5. The van der Waals surface area contributed by atoms with Gasteiger partial charge >= 0.3 is 0 Å². The number of aromatic amines is 1. The second-order valence-electron chi connectivity index (χ2n) is 5.03. The van der Waals surface area contributed by atoms with Crippen LogP contribution in [0.1, 0.15) is 15.9 Å². The van der Waals surface area contributed by atoms with Crippen LogP contribution in [-0.4, -0.2) is 27.6 Å². The minimum Gasteiger partial charge on any atom is -0.352 e. The zero-order chi connectivity index (χ0) is 16.1. The maximum absolute atomic E-state index is 12.3. The van der Waals surface area contributed by atoms with Crippen molar-refractivity contribution in [2.45, 2.75) is 6.42 Å². The summed E-state index contributed by atoms with van der Waals surface area (Å²) in [7, 11) is 0. The van der Waals surface area contributed by atoms with Crippen molar-refractivity contribution >= 4 is 17.5 Å². The topological polar surface area (TPSA) is 70.7 Å². The van der Waals surface area contributed by atoms with E-state index in [1.807, 2.05) is 24.3 Å². The molecule has 5 nitrogen and oxygen atoms in total. The van der Waals surface area contributed by atoms with Crippen LogP contribution in [0.3, 0.4) is 0 Å². The minimum absolute atomic E-state index is 0.155. The first-order valence-electron chi connectivity index (χ1n) is 7.20. The lowest BCUT2D eigenvalue weighted by Gasteiger charge is -2.06. The van der Waals surface area contributed by atoms with Crippen molar-refractivity contribution in [3.63, 3.8) is 0 Å². The Morgan fingerprint density at radius 1 is 1.13 bits per heavy atom. The van der Waals surface area contributed by atoms with E-state index in [2.05, 4.69) is 20.5 Å². The number of benzene rings is 1. The summed E-state index contributed by atoms with van der Waals surface area (Å²) in [6.07, 6.45) is 5.77. The van der Waals surface area contributed by atoms with Crippen molar-refractivity contribution < 1.29 is 4.79 Å². The quantitative estimate of drug-likeness (QED) is 0.757. The van der Waals surface area contributed by atoms with Crippen LogP contribution in [0, 0.1) is 0 Å². The fourth-order valence-electron chi connectivity index (χ4n) is 2.26. The van der Waals surface area contributed by atoms with Crippen LogP contribution in [0.25, 0.3) is 11.3 Å². The number of carbonyl (C=O) groups excluding carboxylic acids is 1. The van der Waals surface area contributed by atoms with Crippen molar-refractivity contribution in [1.29, 1.82) is 0 Å². The normalized spacial score (nSPS) is 10.5. The molecule has 0 bridgehead atoms. The van der Waals surface area contributed by atoms with Gasteiger partial charge in [-0.1, -0.05) is 23.7 Å². The molecule has 1 amide bonds. The van der Waals surface area contributed by atoms with Gasteiger partial charge in [0.1, 0.15) is 0 Å². The van der Waals surface area contributed by atoms with Crippen LogP contribution < -0.4 is 5.32 Å². The monoisotopic (exact) mass is 326 g/mol. The smallest absolute Gasteiger partial charge is 0.255 e. The van der Waals surface area contributed by atoms with Crippen LogP contribution in [-0.2, 0) is 6.42 Å². The largest absolute Gasteiger partial charge is 0.352 e. The lowest BCUT2D eigenvalue weighted by molar-refractivity contribution is 0.0955. The molecule has 0 aliphatic carbocycles. The maximum Gasteiger partial charge on any atom is 0.255 e. The maximum atomic E-state index is 12.3. The Labute approximate surface area is 138 Å². The third kappa shape index (κ3) is 3.76. The molecule has 0 fully saturated rings. The minimum atomic E-state index is -0.155. The lowest BCUT2D eigenvalue weighted by Crippen LogP contribution is -2.25. The highest BCUT2D eigenvalue weighted by molar-refractivity contribution is 6.30. The Bertz CT molecular complexity index is 784. The summed E-state index contributed by atoms with van der Waals surface area (Å²) in [5.74, 6) is -0.155. The van der Waals surface area contributed by atoms with Gasteiger partial charge in [0.25, 0.3) is 5.91 Å². The summed E-state index contributed by atoms with van der Waals surface area (Å²) >= 11 is 5.89. The van der Waals surface area contributed by atoms with Crippen molar-refractivity contribution in [3.8, 4) is 11.3 Å². The molecule has 0 saturated carbocycles. The summed E-state index contributed by atoms with van der Waals surface area (Å²) in [5, 5.41) is 10.4. The van der Waals surface area contributed by atoms with E-state index in [0.717, 1.165) is 17.5 Å². The molecule has 0 saturated heterocycles. The molecule has 0 spiro atoms. The zero-order valence-corrected chi connectivity index (χ0v) is 13.0. The second-order valence-corrected chi connectivity index (χ2v) is 5.46. The standard InChI is InChI=1S/C17H15ClN4O/c18-14-3-1-13(2-4-14)16-15(11-21-22-16)17(23)20-10-7-12-5-8-19-9-6-12/h1-6,8-9,11H,7,10H2,(H,20,23)(H,21,22). The van der Waals surface area contributed by atoms with E-state index in [0.29, 0.717) is 22.8 Å². The summed E-state index contributed by atoms with van der Waals surface area (Å²) in [6, 6.07) is 11.1. The average molecular weight is 327 g/mol. The number of hydrogen-bond donors (Lipinski definition) is 2. The predicted octanol–water partition coefficient (Wildman–Crippen LogP) is 3.10. The highest BCUT2D eigenvalue weighted by Crippen LogP contribution is 2.22. The summed E-state index contributed by atoms with van der Waals surface area (Å²) < 4.78 is 0. The Balaban J connectivity index is 1.66. The first-order valence-corrected chi connectivity index (χ1v) is 7.58. The molecule has 2 aromatic heterocycles. The zero-order valence-electron chi connectivity index (χ0n) is 12.3. The number of amides is 1. The molecule has 3 aromatic rings. The molecule has 0 atom stereocenters. The van der Waals surface area contributed by atoms with Gasteiger partial charge < -0.3 is 5.32 Å².